The van der Waals surface area contributed by atoms with Gasteiger partial charge in [0, 0.05) is 30.8 Å². The minimum absolute atomic E-state index is 0.208. The van der Waals surface area contributed by atoms with Crippen molar-refractivity contribution in [2.24, 2.45) is 0 Å². The largest absolute Gasteiger partial charge is 0.391 e. The molecule has 0 aliphatic carbocycles. The van der Waals surface area contributed by atoms with Crippen LogP contribution >= 0.6 is 0 Å². The fourth-order valence-corrected chi connectivity index (χ4v) is 3.46. The molecule has 184 valence electrons. The maximum absolute atomic E-state index is 14.3. The Morgan fingerprint density at radius 1 is 1.14 bits per heavy atom. The van der Waals surface area contributed by atoms with Gasteiger partial charge in [-0.2, -0.15) is 4.39 Å². The fourth-order valence-electron chi connectivity index (χ4n) is 3.46. The number of hydrogen-bond acceptors (Lipinski definition) is 6. The number of allylic oxidation sites excluding steroid dienone is 1. The van der Waals surface area contributed by atoms with Gasteiger partial charge in [0.1, 0.15) is 6.04 Å². The normalized spacial score (nSPS) is 15.9. The van der Waals surface area contributed by atoms with Gasteiger partial charge in [-0.3, -0.25) is 19.7 Å². The van der Waals surface area contributed by atoms with Gasteiger partial charge >= 0.3 is 0 Å². The smallest absolute Gasteiger partial charge is 0.268 e. The molecule has 0 spiro atoms. The Labute approximate surface area is 203 Å². The van der Waals surface area contributed by atoms with E-state index in [-0.39, 0.29) is 5.56 Å². The summed E-state index contributed by atoms with van der Waals surface area (Å²) in [6.45, 7) is 5.43. The summed E-state index contributed by atoms with van der Waals surface area (Å²) in [6, 6.07) is 12.3. The first kappa shape index (κ1) is 26.1. The van der Waals surface area contributed by atoms with E-state index >= 15 is 0 Å². The molecule has 0 saturated carbocycles. The third-order valence-electron chi connectivity index (χ3n) is 5.42. The third kappa shape index (κ3) is 8.02. The molecular weight excluding hydrogens is 453 g/mol. The molecule has 2 atom stereocenters. The van der Waals surface area contributed by atoms with E-state index in [4.69, 9.17) is 9.94 Å². The first-order chi connectivity index (χ1) is 16.9. The zero-order chi connectivity index (χ0) is 25.2. The highest BCUT2D eigenvalue weighted by Gasteiger charge is 2.25. The van der Waals surface area contributed by atoms with E-state index in [9.17, 15) is 19.1 Å². The number of carbonyl (C=O) groups excluding carboxylic acids is 2. The van der Waals surface area contributed by atoms with Crippen molar-refractivity contribution in [2.45, 2.75) is 25.6 Å². The molecule has 2 aromatic carbocycles. The van der Waals surface area contributed by atoms with E-state index < -0.39 is 29.8 Å². The molecule has 35 heavy (non-hydrogen) atoms. The maximum Gasteiger partial charge on any atom is 0.268 e. The minimum Gasteiger partial charge on any atom is -0.391 e. The van der Waals surface area contributed by atoms with Crippen molar-refractivity contribution in [3.05, 3.63) is 76.6 Å². The van der Waals surface area contributed by atoms with Crippen LogP contribution in [-0.4, -0.2) is 65.5 Å². The van der Waals surface area contributed by atoms with Crippen LogP contribution in [0.3, 0.4) is 0 Å². The van der Waals surface area contributed by atoms with E-state index in [2.05, 4.69) is 22.1 Å². The number of benzene rings is 2. The van der Waals surface area contributed by atoms with Crippen LogP contribution in [0.4, 0.5) is 4.39 Å². The third-order valence-corrected chi connectivity index (χ3v) is 5.42. The number of aliphatic hydroxyl groups is 1. The number of morpholine rings is 1. The van der Waals surface area contributed by atoms with Crippen molar-refractivity contribution in [2.75, 3.05) is 26.3 Å². The summed E-state index contributed by atoms with van der Waals surface area (Å²) in [5.74, 6) is 3.00. The van der Waals surface area contributed by atoms with Gasteiger partial charge in [0.25, 0.3) is 11.8 Å². The number of aliphatic hydroxyl groups excluding tert-OH is 1. The monoisotopic (exact) mass is 481 g/mol. The quantitative estimate of drug-likeness (QED) is 0.273. The lowest BCUT2D eigenvalue weighted by atomic mass is 10.1. The molecular formula is C26H28FN3O5. The topological polar surface area (TPSA) is 111 Å². The molecule has 1 aliphatic rings. The first-order valence-corrected chi connectivity index (χ1v) is 11.2. The molecule has 3 rings (SSSR count). The van der Waals surface area contributed by atoms with Crippen LogP contribution in [0, 0.1) is 11.8 Å². The second kappa shape index (κ2) is 12.8. The Kier molecular flexibility index (Phi) is 9.52. The van der Waals surface area contributed by atoms with Gasteiger partial charge < -0.3 is 15.2 Å². The molecule has 0 bridgehead atoms. The van der Waals surface area contributed by atoms with Crippen LogP contribution in [0.2, 0.25) is 0 Å². The number of hydroxylamine groups is 1. The van der Waals surface area contributed by atoms with E-state index in [1.54, 1.807) is 12.1 Å². The zero-order valence-electron chi connectivity index (χ0n) is 19.3. The Morgan fingerprint density at radius 2 is 1.80 bits per heavy atom. The van der Waals surface area contributed by atoms with Crippen molar-refractivity contribution in [3.63, 3.8) is 0 Å². The number of nitrogens with one attached hydrogen (secondary N) is 2. The number of nitrogens with zero attached hydrogens (tertiary/aromatic N) is 1. The predicted molar refractivity (Wildman–Crippen MR) is 128 cm³/mol. The van der Waals surface area contributed by atoms with Gasteiger partial charge in [-0.1, -0.05) is 30.2 Å². The molecule has 0 unspecified atom stereocenters. The van der Waals surface area contributed by atoms with Gasteiger partial charge in [-0.05, 0) is 54.3 Å². The number of hydrogen-bond donors (Lipinski definition) is 4. The van der Waals surface area contributed by atoms with Crippen molar-refractivity contribution >= 4 is 17.9 Å². The van der Waals surface area contributed by atoms with E-state index in [0.29, 0.717) is 11.1 Å². The van der Waals surface area contributed by atoms with Crippen molar-refractivity contribution in [1.82, 2.24) is 15.7 Å². The van der Waals surface area contributed by atoms with Crippen LogP contribution in [-0.2, 0) is 16.1 Å². The minimum atomic E-state index is -1.32. The number of ether oxygens (including phenoxy) is 1. The summed E-state index contributed by atoms with van der Waals surface area (Å²) in [6.07, 6.45) is 0.141. The second-order valence-corrected chi connectivity index (χ2v) is 8.12. The van der Waals surface area contributed by atoms with Gasteiger partial charge in [-0.15, -0.1) is 0 Å². The average Bonchev–Trinajstić information content (AvgIpc) is 2.87. The Morgan fingerprint density at radius 3 is 2.40 bits per heavy atom. The lowest BCUT2D eigenvalue weighted by Gasteiger charge is -2.26. The molecule has 1 heterocycles. The van der Waals surface area contributed by atoms with Crippen molar-refractivity contribution in [3.8, 4) is 11.8 Å². The molecule has 1 aliphatic heterocycles. The summed E-state index contributed by atoms with van der Waals surface area (Å²) in [7, 11) is 0. The number of carbonyl (C=O) groups is 2. The summed E-state index contributed by atoms with van der Waals surface area (Å²) < 4.78 is 19.7. The van der Waals surface area contributed by atoms with Crippen LogP contribution in [0.1, 0.15) is 34.0 Å². The number of rotatable bonds is 7. The highest BCUT2D eigenvalue weighted by molar-refractivity contribution is 5.97. The Bertz CT molecular complexity index is 1100. The molecule has 1 fully saturated rings. The average molecular weight is 482 g/mol. The second-order valence-electron chi connectivity index (χ2n) is 8.12. The molecule has 2 aromatic rings. The lowest BCUT2D eigenvalue weighted by molar-refractivity contribution is -0.133. The van der Waals surface area contributed by atoms with E-state index in [1.807, 2.05) is 24.3 Å². The highest BCUT2D eigenvalue weighted by atomic mass is 19.1. The van der Waals surface area contributed by atoms with E-state index in [0.717, 1.165) is 38.4 Å². The summed E-state index contributed by atoms with van der Waals surface area (Å²) in [5, 5.41) is 20.7. The molecule has 8 nitrogen and oxygen atoms in total. The number of halogens is 1. The highest BCUT2D eigenvalue weighted by Crippen LogP contribution is 2.13. The van der Waals surface area contributed by atoms with Crippen LogP contribution in [0.15, 0.2) is 54.4 Å². The van der Waals surface area contributed by atoms with Gasteiger partial charge in [0.15, 0.2) is 5.83 Å². The summed E-state index contributed by atoms with van der Waals surface area (Å²) in [4.78, 5) is 26.2. The lowest BCUT2D eigenvalue weighted by Crippen LogP contribution is -2.51. The van der Waals surface area contributed by atoms with Gasteiger partial charge in [0.2, 0.25) is 0 Å². The predicted octanol–water partition coefficient (Wildman–Crippen LogP) is 1.87. The first-order valence-electron chi connectivity index (χ1n) is 11.2. The summed E-state index contributed by atoms with van der Waals surface area (Å²) >= 11 is 0. The van der Waals surface area contributed by atoms with Crippen LogP contribution in [0.5, 0.6) is 0 Å². The van der Waals surface area contributed by atoms with Gasteiger partial charge in [-0.25, -0.2) is 5.48 Å². The molecule has 1 saturated heterocycles. The maximum atomic E-state index is 14.3. The SMILES string of the molecule is C[C@@H](O)[C@H](NC(=O)c1ccc(C#C/C(F)=C/c2ccc(CN3CCOCC3)cc2)cc1)C(=O)NO. The standard InChI is InChI=1S/C26H28FN3O5/c1-18(31)24(26(33)29-34)28-25(32)22-9-6-19(7-10-22)8-11-23(27)16-20-2-4-21(5-3-20)17-30-12-14-35-15-13-30/h2-7,9-10,16,18,24,31,34H,12-15,17H2,1H3,(H,28,32)(H,29,33)/b23-16-/t18-,24+/m1/s1. The Hall–Kier alpha value is -3.55. The van der Waals surface area contributed by atoms with Crippen molar-refractivity contribution < 1.29 is 29.0 Å². The van der Waals surface area contributed by atoms with Gasteiger partial charge in [0.05, 0.1) is 19.3 Å². The van der Waals surface area contributed by atoms with E-state index in [1.165, 1.54) is 30.6 Å². The van der Waals surface area contributed by atoms with Crippen LogP contribution < -0.4 is 10.8 Å². The molecule has 9 heteroatoms. The number of amides is 2. The fraction of sp³-hybridized carbons (Fsp3) is 0.308. The molecule has 0 radical (unpaired) electrons. The van der Waals surface area contributed by atoms with Crippen molar-refractivity contribution in [1.29, 1.82) is 0 Å². The Balaban J connectivity index is 1.58. The molecule has 2 amide bonds. The zero-order valence-corrected chi connectivity index (χ0v) is 19.3. The summed E-state index contributed by atoms with van der Waals surface area (Å²) in [5.41, 5.74) is 3.95. The molecule has 0 aromatic heterocycles. The van der Waals surface area contributed by atoms with Crippen LogP contribution in [0.25, 0.3) is 6.08 Å². The molecule has 4 N–H and O–H groups in total.